The summed E-state index contributed by atoms with van der Waals surface area (Å²) in [5.74, 6) is -0.787. The smallest absolute Gasteiger partial charge is 0.339 e. The van der Waals surface area contributed by atoms with Crippen LogP contribution in [0.2, 0.25) is 0 Å². The Morgan fingerprint density at radius 1 is 1.16 bits per heavy atom. The van der Waals surface area contributed by atoms with Gasteiger partial charge in [-0.25, -0.2) is 9.18 Å². The molecule has 1 N–H and O–H groups in total. The molecule has 25 heavy (non-hydrogen) atoms. The van der Waals surface area contributed by atoms with Gasteiger partial charge >= 0.3 is 5.97 Å². The van der Waals surface area contributed by atoms with Crippen molar-refractivity contribution in [2.45, 2.75) is 26.6 Å². The molecule has 0 radical (unpaired) electrons. The summed E-state index contributed by atoms with van der Waals surface area (Å²) in [6, 6.07) is 12.4. The Morgan fingerprint density at radius 3 is 2.56 bits per heavy atom. The second-order valence-electron chi connectivity index (χ2n) is 5.39. The van der Waals surface area contributed by atoms with Crippen LogP contribution < -0.4 is 10.1 Å². The standard InChI is InChI=1S/C19H20FNO4/c1-3-21-18(22)13(2)25-19(23)15-5-4-6-17(11-15)24-12-14-7-9-16(20)10-8-14/h4-11,13H,3,12H2,1-2H3,(H,21,22)/t13-/m0/s1. The molecule has 0 aliphatic carbocycles. The molecular formula is C19H20FNO4. The average Bonchev–Trinajstić information content (AvgIpc) is 2.61. The molecule has 1 amide bonds. The Labute approximate surface area is 145 Å². The Kier molecular flexibility index (Phi) is 6.51. The van der Waals surface area contributed by atoms with Gasteiger partial charge in [-0.3, -0.25) is 4.79 Å². The quantitative estimate of drug-likeness (QED) is 0.783. The lowest BCUT2D eigenvalue weighted by Gasteiger charge is -2.13. The summed E-state index contributed by atoms with van der Waals surface area (Å²) in [5.41, 5.74) is 1.09. The van der Waals surface area contributed by atoms with Gasteiger partial charge in [0.05, 0.1) is 5.56 Å². The SMILES string of the molecule is CCNC(=O)[C@H](C)OC(=O)c1cccc(OCc2ccc(F)cc2)c1. The van der Waals surface area contributed by atoms with Gasteiger partial charge in [-0.05, 0) is 49.7 Å². The fourth-order valence-electron chi connectivity index (χ4n) is 2.06. The number of ether oxygens (including phenoxy) is 2. The fraction of sp³-hybridized carbons (Fsp3) is 0.263. The van der Waals surface area contributed by atoms with E-state index in [1.807, 2.05) is 0 Å². The van der Waals surface area contributed by atoms with Crippen molar-refractivity contribution in [2.75, 3.05) is 6.54 Å². The molecule has 2 aromatic rings. The summed E-state index contributed by atoms with van der Waals surface area (Å²) in [5, 5.41) is 2.59. The number of hydrogen-bond donors (Lipinski definition) is 1. The van der Waals surface area contributed by atoms with E-state index in [1.165, 1.54) is 25.1 Å². The second kappa shape index (κ2) is 8.82. The first-order valence-corrected chi connectivity index (χ1v) is 7.95. The van der Waals surface area contributed by atoms with Crippen LogP contribution in [0.5, 0.6) is 5.75 Å². The van der Waals surface area contributed by atoms with E-state index in [2.05, 4.69) is 5.32 Å². The van der Waals surface area contributed by atoms with Gasteiger partial charge in [0.15, 0.2) is 6.10 Å². The van der Waals surface area contributed by atoms with Gasteiger partial charge in [0.25, 0.3) is 5.91 Å². The van der Waals surface area contributed by atoms with Gasteiger partial charge in [0.2, 0.25) is 0 Å². The molecule has 0 unspecified atom stereocenters. The first-order chi connectivity index (χ1) is 12.0. The minimum atomic E-state index is -0.878. The predicted octanol–water partition coefficient (Wildman–Crippen LogP) is 3.09. The number of esters is 1. The molecule has 0 aliphatic rings. The van der Waals surface area contributed by atoms with Crippen LogP contribution in [0.4, 0.5) is 4.39 Å². The maximum absolute atomic E-state index is 12.9. The van der Waals surface area contributed by atoms with Crippen molar-refractivity contribution < 1.29 is 23.5 Å². The van der Waals surface area contributed by atoms with E-state index in [-0.39, 0.29) is 23.9 Å². The number of benzene rings is 2. The largest absolute Gasteiger partial charge is 0.489 e. The van der Waals surface area contributed by atoms with Crippen molar-refractivity contribution in [2.24, 2.45) is 0 Å². The number of amides is 1. The number of nitrogens with one attached hydrogen (secondary N) is 1. The zero-order chi connectivity index (χ0) is 18.2. The molecule has 0 heterocycles. The summed E-state index contributed by atoms with van der Waals surface area (Å²) in [6.07, 6.45) is -0.878. The van der Waals surface area contributed by atoms with Crippen molar-refractivity contribution >= 4 is 11.9 Å². The van der Waals surface area contributed by atoms with Crippen LogP contribution in [-0.2, 0) is 16.1 Å². The summed E-state index contributed by atoms with van der Waals surface area (Å²) in [4.78, 5) is 23.7. The number of carbonyl (C=O) groups is 2. The molecule has 0 aliphatic heterocycles. The van der Waals surface area contributed by atoms with Gasteiger partial charge in [-0.2, -0.15) is 0 Å². The van der Waals surface area contributed by atoms with Gasteiger partial charge in [-0.1, -0.05) is 18.2 Å². The van der Waals surface area contributed by atoms with E-state index in [0.717, 1.165) is 5.56 Å². The number of carbonyl (C=O) groups excluding carboxylic acids is 2. The second-order valence-corrected chi connectivity index (χ2v) is 5.39. The molecule has 0 saturated carbocycles. The Bertz CT molecular complexity index is 730. The van der Waals surface area contributed by atoms with Gasteiger partial charge in [-0.15, -0.1) is 0 Å². The highest BCUT2D eigenvalue weighted by molar-refractivity contribution is 5.92. The number of rotatable bonds is 7. The highest BCUT2D eigenvalue weighted by atomic mass is 19.1. The van der Waals surface area contributed by atoms with E-state index in [0.29, 0.717) is 12.3 Å². The summed E-state index contributed by atoms with van der Waals surface area (Å²) >= 11 is 0. The fourth-order valence-corrected chi connectivity index (χ4v) is 2.06. The van der Waals surface area contributed by atoms with Gasteiger partial charge < -0.3 is 14.8 Å². The Balaban J connectivity index is 1.96. The number of hydrogen-bond acceptors (Lipinski definition) is 4. The normalized spacial score (nSPS) is 11.5. The molecular weight excluding hydrogens is 325 g/mol. The maximum atomic E-state index is 12.9. The van der Waals surface area contributed by atoms with Crippen LogP contribution in [0.15, 0.2) is 48.5 Å². The zero-order valence-electron chi connectivity index (χ0n) is 14.1. The first kappa shape index (κ1) is 18.4. The summed E-state index contributed by atoms with van der Waals surface area (Å²) in [6.45, 7) is 4.01. The van der Waals surface area contributed by atoms with Crippen molar-refractivity contribution in [3.05, 3.63) is 65.5 Å². The van der Waals surface area contributed by atoms with Crippen LogP contribution in [-0.4, -0.2) is 24.5 Å². The highest BCUT2D eigenvalue weighted by Crippen LogP contribution is 2.16. The van der Waals surface area contributed by atoms with Crippen LogP contribution in [0.3, 0.4) is 0 Å². The van der Waals surface area contributed by atoms with Crippen molar-refractivity contribution in [1.29, 1.82) is 0 Å². The third kappa shape index (κ3) is 5.60. The Morgan fingerprint density at radius 2 is 1.88 bits per heavy atom. The first-order valence-electron chi connectivity index (χ1n) is 7.95. The van der Waals surface area contributed by atoms with Gasteiger partial charge in [0, 0.05) is 6.54 Å². The van der Waals surface area contributed by atoms with Crippen LogP contribution in [0, 0.1) is 5.82 Å². The van der Waals surface area contributed by atoms with Gasteiger partial charge in [0.1, 0.15) is 18.2 Å². The lowest BCUT2D eigenvalue weighted by Crippen LogP contribution is -2.35. The van der Waals surface area contributed by atoms with Crippen LogP contribution in [0.1, 0.15) is 29.8 Å². The molecule has 0 fully saturated rings. The van der Waals surface area contributed by atoms with E-state index in [4.69, 9.17) is 9.47 Å². The zero-order valence-corrected chi connectivity index (χ0v) is 14.1. The topological polar surface area (TPSA) is 64.6 Å². The molecule has 2 aromatic carbocycles. The Hall–Kier alpha value is -2.89. The molecule has 0 bridgehead atoms. The number of likely N-dealkylation sites (N-methyl/N-ethyl adjacent to an activating group) is 1. The molecule has 1 atom stereocenters. The average molecular weight is 345 g/mol. The molecule has 6 heteroatoms. The lowest BCUT2D eigenvalue weighted by molar-refractivity contribution is -0.128. The predicted molar refractivity (Wildman–Crippen MR) is 90.7 cm³/mol. The summed E-state index contributed by atoms with van der Waals surface area (Å²) in [7, 11) is 0. The minimum absolute atomic E-state index is 0.244. The van der Waals surface area contributed by atoms with E-state index in [9.17, 15) is 14.0 Å². The van der Waals surface area contributed by atoms with Crippen molar-refractivity contribution in [1.82, 2.24) is 5.32 Å². The third-order valence-corrected chi connectivity index (χ3v) is 3.39. The molecule has 2 rings (SSSR count). The molecule has 0 spiro atoms. The third-order valence-electron chi connectivity index (χ3n) is 3.39. The van der Waals surface area contributed by atoms with Crippen molar-refractivity contribution in [3.8, 4) is 5.75 Å². The monoisotopic (exact) mass is 345 g/mol. The molecule has 0 saturated heterocycles. The molecule has 0 aromatic heterocycles. The van der Waals surface area contributed by atoms with E-state index >= 15 is 0 Å². The minimum Gasteiger partial charge on any atom is -0.489 e. The maximum Gasteiger partial charge on any atom is 0.339 e. The number of halogens is 1. The molecule has 5 nitrogen and oxygen atoms in total. The van der Waals surface area contributed by atoms with Crippen LogP contribution >= 0.6 is 0 Å². The van der Waals surface area contributed by atoms with E-state index in [1.54, 1.807) is 37.3 Å². The van der Waals surface area contributed by atoms with Crippen molar-refractivity contribution in [3.63, 3.8) is 0 Å². The highest BCUT2D eigenvalue weighted by Gasteiger charge is 2.18. The molecule has 132 valence electrons. The van der Waals surface area contributed by atoms with E-state index < -0.39 is 12.1 Å². The van der Waals surface area contributed by atoms with Crippen LogP contribution in [0.25, 0.3) is 0 Å². The summed E-state index contributed by atoms with van der Waals surface area (Å²) < 4.78 is 23.6. The lowest BCUT2D eigenvalue weighted by atomic mass is 10.2.